The van der Waals surface area contributed by atoms with Crippen LogP contribution in [-0.4, -0.2) is 48.9 Å². The highest BCUT2D eigenvalue weighted by Crippen LogP contribution is 2.34. The monoisotopic (exact) mass is 424 g/mol. The minimum atomic E-state index is -3.17. The molecule has 1 aromatic heterocycles. The Balaban J connectivity index is 1.63. The van der Waals surface area contributed by atoms with Gasteiger partial charge in [0.2, 0.25) is 10.0 Å². The van der Waals surface area contributed by atoms with Gasteiger partial charge in [0, 0.05) is 36.4 Å². The second-order valence-electron chi connectivity index (χ2n) is 7.68. The molecule has 0 radical (unpaired) electrons. The standard InChI is InChI=1S/C23H24N2O4S/c1-16(26)17-3-5-18(6-4-17)20-13-19-7-10-24-15-22(19)23(14-20)29-21-8-11-25(12-9-21)30(2,27)28/h3-7,10,13-15,21H,8-9,11-12H2,1-2H3. The summed E-state index contributed by atoms with van der Waals surface area (Å²) in [6.07, 6.45) is 6.02. The molecule has 1 aliphatic heterocycles. The molecule has 1 saturated heterocycles. The van der Waals surface area contributed by atoms with Crippen LogP contribution in [0.5, 0.6) is 5.75 Å². The fraction of sp³-hybridized carbons (Fsp3) is 0.304. The Hall–Kier alpha value is -2.77. The summed E-state index contributed by atoms with van der Waals surface area (Å²) < 4.78 is 31.3. The minimum absolute atomic E-state index is 0.0376. The molecule has 1 fully saturated rings. The number of carbonyl (C=O) groups is 1. The van der Waals surface area contributed by atoms with Gasteiger partial charge in [-0.25, -0.2) is 12.7 Å². The van der Waals surface area contributed by atoms with Crippen LogP contribution in [0.25, 0.3) is 21.9 Å². The van der Waals surface area contributed by atoms with Crippen LogP contribution < -0.4 is 4.74 Å². The van der Waals surface area contributed by atoms with Crippen LogP contribution in [0, 0.1) is 0 Å². The number of rotatable bonds is 5. The second-order valence-corrected chi connectivity index (χ2v) is 9.67. The Kier molecular flexibility index (Phi) is 5.58. The van der Waals surface area contributed by atoms with Crippen molar-refractivity contribution >= 4 is 26.6 Å². The summed E-state index contributed by atoms with van der Waals surface area (Å²) in [5, 5.41) is 1.94. The van der Waals surface area contributed by atoms with E-state index in [1.54, 1.807) is 19.3 Å². The second kappa shape index (κ2) is 8.16. The van der Waals surface area contributed by atoms with Crippen LogP contribution >= 0.6 is 0 Å². The molecule has 0 saturated carbocycles. The van der Waals surface area contributed by atoms with Gasteiger partial charge in [0.15, 0.2) is 5.78 Å². The molecule has 0 bridgehead atoms. The summed E-state index contributed by atoms with van der Waals surface area (Å²) in [5.74, 6) is 0.777. The minimum Gasteiger partial charge on any atom is -0.490 e. The highest BCUT2D eigenvalue weighted by molar-refractivity contribution is 7.88. The molecule has 4 rings (SSSR count). The zero-order chi connectivity index (χ0) is 21.3. The lowest BCUT2D eigenvalue weighted by atomic mass is 9.99. The zero-order valence-electron chi connectivity index (χ0n) is 17.0. The molecular weight excluding hydrogens is 400 g/mol. The highest BCUT2D eigenvalue weighted by atomic mass is 32.2. The molecule has 0 spiro atoms. The Morgan fingerprint density at radius 2 is 1.77 bits per heavy atom. The Bertz CT molecular complexity index is 1180. The van der Waals surface area contributed by atoms with Gasteiger partial charge in [0.25, 0.3) is 0 Å². The van der Waals surface area contributed by atoms with Crippen molar-refractivity contribution in [2.75, 3.05) is 19.3 Å². The van der Waals surface area contributed by atoms with E-state index >= 15 is 0 Å². The molecule has 0 aliphatic carbocycles. The first kappa shape index (κ1) is 20.5. The summed E-state index contributed by atoms with van der Waals surface area (Å²) in [4.78, 5) is 15.8. The van der Waals surface area contributed by atoms with Crippen molar-refractivity contribution in [2.45, 2.75) is 25.9 Å². The molecule has 30 heavy (non-hydrogen) atoms. The number of fused-ring (bicyclic) bond motifs is 1. The van der Waals surface area contributed by atoms with E-state index in [-0.39, 0.29) is 11.9 Å². The van der Waals surface area contributed by atoms with Crippen molar-refractivity contribution in [1.29, 1.82) is 0 Å². The van der Waals surface area contributed by atoms with Crippen molar-refractivity contribution in [1.82, 2.24) is 9.29 Å². The molecule has 1 aliphatic rings. The van der Waals surface area contributed by atoms with E-state index in [2.05, 4.69) is 11.1 Å². The fourth-order valence-corrected chi connectivity index (χ4v) is 4.66. The number of pyridine rings is 1. The number of piperidine rings is 1. The Labute approximate surface area is 176 Å². The van der Waals surface area contributed by atoms with E-state index in [1.807, 2.05) is 36.4 Å². The quantitative estimate of drug-likeness (QED) is 0.581. The molecule has 0 N–H and O–H groups in total. The third kappa shape index (κ3) is 4.37. The molecule has 0 atom stereocenters. The summed E-state index contributed by atoms with van der Waals surface area (Å²) in [6, 6.07) is 13.6. The smallest absolute Gasteiger partial charge is 0.211 e. The van der Waals surface area contributed by atoms with Gasteiger partial charge >= 0.3 is 0 Å². The molecule has 2 aromatic carbocycles. The summed E-state index contributed by atoms with van der Waals surface area (Å²) in [5.41, 5.74) is 2.67. The molecule has 7 heteroatoms. The lowest BCUT2D eigenvalue weighted by Gasteiger charge is -2.30. The molecule has 156 valence electrons. The van der Waals surface area contributed by atoms with E-state index in [0.717, 1.165) is 27.6 Å². The number of ketones is 1. The van der Waals surface area contributed by atoms with E-state index in [1.165, 1.54) is 10.6 Å². The maximum atomic E-state index is 11.7. The molecule has 3 aromatic rings. The number of Topliss-reactive ketones (excluding diaryl/α,β-unsaturated/α-hetero) is 1. The van der Waals surface area contributed by atoms with E-state index in [9.17, 15) is 13.2 Å². The van der Waals surface area contributed by atoms with Crippen LogP contribution in [0.2, 0.25) is 0 Å². The van der Waals surface area contributed by atoms with Crippen LogP contribution in [0.4, 0.5) is 0 Å². The third-order valence-electron chi connectivity index (χ3n) is 5.51. The molecule has 2 heterocycles. The number of carbonyl (C=O) groups excluding carboxylic acids is 1. The lowest BCUT2D eigenvalue weighted by Crippen LogP contribution is -2.41. The number of ether oxygens (including phenoxy) is 1. The van der Waals surface area contributed by atoms with Gasteiger partial charge in [-0.15, -0.1) is 0 Å². The van der Waals surface area contributed by atoms with Crippen LogP contribution in [0.15, 0.2) is 54.9 Å². The van der Waals surface area contributed by atoms with E-state index in [4.69, 9.17) is 4.74 Å². The molecule has 0 amide bonds. The van der Waals surface area contributed by atoms with Crippen molar-refractivity contribution in [3.05, 3.63) is 60.4 Å². The third-order valence-corrected chi connectivity index (χ3v) is 6.81. The van der Waals surface area contributed by atoms with Crippen LogP contribution in [0.1, 0.15) is 30.1 Å². The largest absolute Gasteiger partial charge is 0.490 e. The van der Waals surface area contributed by atoms with Gasteiger partial charge in [0.05, 0.1) is 6.26 Å². The Morgan fingerprint density at radius 3 is 2.40 bits per heavy atom. The molecule has 0 unspecified atom stereocenters. The van der Waals surface area contributed by atoms with Gasteiger partial charge in [-0.05, 0) is 54.5 Å². The van der Waals surface area contributed by atoms with Crippen molar-refractivity contribution in [3.8, 4) is 16.9 Å². The number of hydrogen-bond acceptors (Lipinski definition) is 5. The van der Waals surface area contributed by atoms with Gasteiger partial charge in [0.1, 0.15) is 11.9 Å². The van der Waals surface area contributed by atoms with Crippen LogP contribution in [-0.2, 0) is 10.0 Å². The van der Waals surface area contributed by atoms with E-state index < -0.39 is 10.0 Å². The van der Waals surface area contributed by atoms with Crippen molar-refractivity contribution in [2.24, 2.45) is 0 Å². The normalized spacial score (nSPS) is 15.9. The first-order valence-corrected chi connectivity index (χ1v) is 11.8. The number of hydrogen-bond donors (Lipinski definition) is 0. The maximum absolute atomic E-state index is 11.7. The van der Waals surface area contributed by atoms with Gasteiger partial charge in [-0.3, -0.25) is 9.78 Å². The van der Waals surface area contributed by atoms with E-state index in [0.29, 0.717) is 31.5 Å². The first-order valence-electron chi connectivity index (χ1n) is 9.92. The number of aromatic nitrogens is 1. The SMILES string of the molecule is CC(=O)c1ccc(-c2cc(OC3CCN(S(C)(=O)=O)CC3)c3cnccc3c2)cc1. The number of benzene rings is 2. The topological polar surface area (TPSA) is 76.6 Å². The summed E-state index contributed by atoms with van der Waals surface area (Å²) in [7, 11) is -3.17. The number of sulfonamides is 1. The average molecular weight is 425 g/mol. The predicted molar refractivity (Wildman–Crippen MR) is 117 cm³/mol. The highest BCUT2D eigenvalue weighted by Gasteiger charge is 2.26. The van der Waals surface area contributed by atoms with Crippen molar-refractivity contribution in [3.63, 3.8) is 0 Å². The van der Waals surface area contributed by atoms with Gasteiger partial charge < -0.3 is 4.74 Å². The molecule has 6 nitrogen and oxygen atoms in total. The van der Waals surface area contributed by atoms with Gasteiger partial charge in [-0.2, -0.15) is 0 Å². The van der Waals surface area contributed by atoms with Gasteiger partial charge in [-0.1, -0.05) is 24.3 Å². The van der Waals surface area contributed by atoms with Crippen molar-refractivity contribution < 1.29 is 17.9 Å². The Morgan fingerprint density at radius 1 is 1.07 bits per heavy atom. The zero-order valence-corrected chi connectivity index (χ0v) is 17.9. The summed E-state index contributed by atoms with van der Waals surface area (Å²) >= 11 is 0. The first-order chi connectivity index (χ1) is 14.3. The average Bonchev–Trinajstić information content (AvgIpc) is 2.73. The predicted octanol–water partition coefficient (Wildman–Crippen LogP) is 3.91. The summed E-state index contributed by atoms with van der Waals surface area (Å²) in [6.45, 7) is 2.48. The fourth-order valence-electron chi connectivity index (χ4n) is 3.79. The maximum Gasteiger partial charge on any atom is 0.211 e. The lowest BCUT2D eigenvalue weighted by molar-refractivity contribution is 0.101. The number of nitrogens with zero attached hydrogens (tertiary/aromatic N) is 2. The molecular formula is C23H24N2O4S. The van der Waals surface area contributed by atoms with Crippen LogP contribution in [0.3, 0.4) is 0 Å².